The quantitative estimate of drug-likeness (QED) is 0.602. The molecule has 17 heavy (non-hydrogen) atoms. The molecule has 0 bridgehead atoms. The smallest absolute Gasteiger partial charge is 0.258 e. The van der Waals surface area contributed by atoms with Crippen LogP contribution in [0.5, 0.6) is 0 Å². The van der Waals surface area contributed by atoms with Gasteiger partial charge >= 0.3 is 5.69 Å². The predicted molar refractivity (Wildman–Crippen MR) is 60.3 cm³/mol. The van der Waals surface area contributed by atoms with Crippen LogP contribution in [0.4, 0.5) is 5.69 Å². The highest BCUT2D eigenvalue weighted by Crippen LogP contribution is 2.29. The minimum absolute atomic E-state index is 0.0781. The van der Waals surface area contributed by atoms with Crippen LogP contribution in [0.3, 0.4) is 0 Å². The standard InChI is InChI=1S/C9H8ClN5O2/c1-5-3-4-7(12-11-5)14-9(10)8(15(16)17)6(2)13-14/h3-4H,1-2H3. The third-order valence-electron chi connectivity index (χ3n) is 2.16. The van der Waals surface area contributed by atoms with E-state index in [0.29, 0.717) is 5.82 Å². The largest absolute Gasteiger partial charge is 0.329 e. The van der Waals surface area contributed by atoms with Crippen molar-refractivity contribution in [2.24, 2.45) is 0 Å². The summed E-state index contributed by atoms with van der Waals surface area (Å²) in [5.74, 6) is 0.344. The molecule has 88 valence electrons. The van der Waals surface area contributed by atoms with Crippen LogP contribution in [0.1, 0.15) is 11.4 Å². The fourth-order valence-corrected chi connectivity index (χ4v) is 1.69. The third kappa shape index (κ3) is 1.96. The minimum atomic E-state index is -0.567. The molecule has 0 saturated heterocycles. The maximum absolute atomic E-state index is 10.8. The Bertz CT molecular complexity index is 578. The molecule has 0 fully saturated rings. The molecule has 0 spiro atoms. The van der Waals surface area contributed by atoms with Crippen LogP contribution in [-0.2, 0) is 0 Å². The highest BCUT2D eigenvalue weighted by molar-refractivity contribution is 6.32. The molecule has 0 aliphatic heterocycles. The second-order valence-electron chi connectivity index (χ2n) is 3.43. The number of rotatable bonds is 2. The Balaban J connectivity index is 2.57. The SMILES string of the molecule is Cc1ccc(-n2nc(C)c([N+](=O)[O-])c2Cl)nn1. The van der Waals surface area contributed by atoms with Gasteiger partial charge in [-0.3, -0.25) is 10.1 Å². The van der Waals surface area contributed by atoms with Crippen LogP contribution in [0, 0.1) is 24.0 Å². The molecular formula is C9H8ClN5O2. The Morgan fingerprint density at radius 3 is 2.53 bits per heavy atom. The van der Waals surface area contributed by atoms with Gasteiger partial charge in [0.1, 0.15) is 5.69 Å². The molecule has 2 aromatic rings. The first-order valence-electron chi connectivity index (χ1n) is 4.71. The Morgan fingerprint density at radius 1 is 1.35 bits per heavy atom. The van der Waals surface area contributed by atoms with Crippen molar-refractivity contribution in [2.75, 3.05) is 0 Å². The van der Waals surface area contributed by atoms with Crippen LogP contribution in [-0.4, -0.2) is 24.9 Å². The lowest BCUT2D eigenvalue weighted by molar-refractivity contribution is -0.385. The molecule has 0 aliphatic carbocycles. The topological polar surface area (TPSA) is 86.7 Å². The molecule has 2 rings (SSSR count). The second kappa shape index (κ2) is 4.10. The first-order valence-corrected chi connectivity index (χ1v) is 5.08. The molecule has 2 heterocycles. The van der Waals surface area contributed by atoms with E-state index in [1.807, 2.05) is 0 Å². The van der Waals surface area contributed by atoms with Crippen molar-refractivity contribution in [3.05, 3.63) is 38.8 Å². The number of halogens is 1. The van der Waals surface area contributed by atoms with E-state index < -0.39 is 4.92 Å². The van der Waals surface area contributed by atoms with Crippen molar-refractivity contribution in [1.82, 2.24) is 20.0 Å². The zero-order valence-corrected chi connectivity index (χ0v) is 9.84. The summed E-state index contributed by atoms with van der Waals surface area (Å²) < 4.78 is 1.20. The Morgan fingerprint density at radius 2 is 2.06 bits per heavy atom. The van der Waals surface area contributed by atoms with Gasteiger partial charge in [0.05, 0.1) is 10.6 Å². The lowest BCUT2D eigenvalue weighted by Crippen LogP contribution is -2.02. The fraction of sp³-hybridized carbons (Fsp3) is 0.222. The minimum Gasteiger partial charge on any atom is -0.258 e. The van der Waals surface area contributed by atoms with Gasteiger partial charge in [-0.05, 0) is 26.0 Å². The summed E-state index contributed by atoms with van der Waals surface area (Å²) in [7, 11) is 0. The molecule has 2 aromatic heterocycles. The molecule has 0 atom stereocenters. The van der Waals surface area contributed by atoms with Crippen LogP contribution in [0.25, 0.3) is 5.82 Å². The number of aryl methyl sites for hydroxylation is 2. The average molecular weight is 254 g/mol. The molecule has 7 nitrogen and oxygen atoms in total. The van der Waals surface area contributed by atoms with Gasteiger partial charge in [0.25, 0.3) is 0 Å². The lowest BCUT2D eigenvalue weighted by atomic mass is 10.4. The zero-order valence-electron chi connectivity index (χ0n) is 9.09. The fourth-order valence-electron chi connectivity index (χ4n) is 1.35. The lowest BCUT2D eigenvalue weighted by Gasteiger charge is -1.99. The number of nitro groups is 1. The molecule has 0 aliphatic rings. The van der Waals surface area contributed by atoms with E-state index in [1.165, 1.54) is 11.6 Å². The van der Waals surface area contributed by atoms with E-state index in [2.05, 4.69) is 15.3 Å². The van der Waals surface area contributed by atoms with E-state index >= 15 is 0 Å². The third-order valence-corrected chi connectivity index (χ3v) is 2.50. The molecule has 0 amide bonds. The molecular weight excluding hydrogens is 246 g/mol. The molecule has 0 radical (unpaired) electrons. The predicted octanol–water partition coefficient (Wildman–Crippen LogP) is 1.84. The summed E-state index contributed by atoms with van der Waals surface area (Å²) >= 11 is 5.89. The van der Waals surface area contributed by atoms with Crippen molar-refractivity contribution in [2.45, 2.75) is 13.8 Å². The highest BCUT2D eigenvalue weighted by Gasteiger charge is 2.24. The Kier molecular flexibility index (Phi) is 2.76. The maximum atomic E-state index is 10.8. The van der Waals surface area contributed by atoms with Crippen molar-refractivity contribution >= 4 is 17.3 Å². The number of nitrogens with zero attached hydrogens (tertiary/aromatic N) is 5. The summed E-state index contributed by atoms with van der Waals surface area (Å²) in [5.41, 5.74) is 0.764. The van der Waals surface area contributed by atoms with E-state index in [9.17, 15) is 10.1 Å². The average Bonchev–Trinajstić information content (AvgIpc) is 2.55. The summed E-state index contributed by atoms with van der Waals surface area (Å²) in [4.78, 5) is 10.2. The van der Waals surface area contributed by atoms with E-state index in [0.717, 1.165) is 5.69 Å². The number of hydrogen-bond donors (Lipinski definition) is 0. The molecule has 0 unspecified atom stereocenters. The molecule has 8 heteroatoms. The van der Waals surface area contributed by atoms with Gasteiger partial charge < -0.3 is 0 Å². The van der Waals surface area contributed by atoms with Crippen molar-refractivity contribution in [3.8, 4) is 5.82 Å². The van der Waals surface area contributed by atoms with Gasteiger partial charge in [0.2, 0.25) is 5.15 Å². The number of aromatic nitrogens is 4. The van der Waals surface area contributed by atoms with Gasteiger partial charge in [-0.15, -0.1) is 5.10 Å². The summed E-state index contributed by atoms with van der Waals surface area (Å²) in [6.07, 6.45) is 0. The van der Waals surface area contributed by atoms with Crippen LogP contribution >= 0.6 is 11.6 Å². The van der Waals surface area contributed by atoms with Crippen molar-refractivity contribution in [3.63, 3.8) is 0 Å². The van der Waals surface area contributed by atoms with Crippen LogP contribution < -0.4 is 0 Å². The van der Waals surface area contributed by atoms with Gasteiger partial charge in [0, 0.05) is 0 Å². The van der Waals surface area contributed by atoms with Crippen LogP contribution in [0.15, 0.2) is 12.1 Å². The van der Waals surface area contributed by atoms with Gasteiger partial charge in [-0.2, -0.15) is 14.9 Å². The van der Waals surface area contributed by atoms with E-state index in [4.69, 9.17) is 11.6 Å². The first-order chi connectivity index (χ1) is 8.00. The monoisotopic (exact) mass is 253 g/mol. The van der Waals surface area contributed by atoms with Crippen molar-refractivity contribution < 1.29 is 4.92 Å². The molecule has 0 aromatic carbocycles. The van der Waals surface area contributed by atoms with Gasteiger partial charge in [-0.25, -0.2) is 0 Å². The van der Waals surface area contributed by atoms with Gasteiger partial charge in [0.15, 0.2) is 5.82 Å². The van der Waals surface area contributed by atoms with Gasteiger partial charge in [-0.1, -0.05) is 11.6 Å². The highest BCUT2D eigenvalue weighted by atomic mass is 35.5. The first kappa shape index (κ1) is 11.5. The summed E-state index contributed by atoms with van der Waals surface area (Å²) in [6.45, 7) is 3.30. The number of hydrogen-bond acceptors (Lipinski definition) is 5. The molecule has 0 saturated carbocycles. The maximum Gasteiger partial charge on any atom is 0.329 e. The second-order valence-corrected chi connectivity index (χ2v) is 3.78. The summed E-state index contributed by atoms with van der Waals surface area (Å²) in [5, 5.41) is 22.4. The van der Waals surface area contributed by atoms with Crippen LogP contribution in [0.2, 0.25) is 5.15 Å². The molecule has 0 N–H and O–H groups in total. The van der Waals surface area contributed by atoms with Crippen molar-refractivity contribution in [1.29, 1.82) is 0 Å². The normalized spacial score (nSPS) is 10.5. The van der Waals surface area contributed by atoms with E-state index in [-0.39, 0.29) is 16.5 Å². The Hall–Kier alpha value is -2.02. The summed E-state index contributed by atoms with van der Waals surface area (Å²) in [6, 6.07) is 3.37. The van der Waals surface area contributed by atoms with E-state index in [1.54, 1.807) is 19.1 Å². The zero-order chi connectivity index (χ0) is 12.6. The Labute approximate surface area is 101 Å².